The van der Waals surface area contributed by atoms with E-state index in [0.29, 0.717) is 23.2 Å². The number of rotatable bonds is 7. The Morgan fingerprint density at radius 1 is 1.27 bits per heavy atom. The van der Waals surface area contributed by atoms with E-state index in [1.54, 1.807) is 11.5 Å². The van der Waals surface area contributed by atoms with Gasteiger partial charge in [0.15, 0.2) is 5.16 Å². The Balaban J connectivity index is 1.84. The minimum Gasteiger partial charge on any atom is -0.368 e. The van der Waals surface area contributed by atoms with E-state index in [0.717, 1.165) is 5.69 Å². The predicted octanol–water partition coefficient (Wildman–Crippen LogP) is 1.19. The zero-order valence-corrected chi connectivity index (χ0v) is 13.0. The summed E-state index contributed by atoms with van der Waals surface area (Å²) in [4.78, 5) is 22.9. The highest BCUT2D eigenvalue weighted by Crippen LogP contribution is 2.18. The van der Waals surface area contributed by atoms with Crippen LogP contribution in [0, 0.1) is 6.92 Å². The molecule has 7 nitrogen and oxygen atoms in total. The molecule has 0 spiro atoms. The fraction of sp³-hybridized carbons (Fsp3) is 0.286. The Kier molecular flexibility index (Phi) is 5.54. The van der Waals surface area contributed by atoms with Crippen molar-refractivity contribution in [2.24, 2.45) is 5.73 Å². The highest BCUT2D eigenvalue weighted by atomic mass is 32.2. The van der Waals surface area contributed by atoms with E-state index in [2.05, 4.69) is 15.5 Å². The maximum Gasteiger partial charge on any atom is 0.237 e. The van der Waals surface area contributed by atoms with Crippen LogP contribution in [0.1, 0.15) is 12.2 Å². The number of carbonyl (C=O) groups is 2. The van der Waals surface area contributed by atoms with Gasteiger partial charge in [-0.05, 0) is 19.1 Å². The van der Waals surface area contributed by atoms with Crippen molar-refractivity contribution in [1.29, 1.82) is 0 Å². The van der Waals surface area contributed by atoms with Crippen LogP contribution in [-0.4, -0.2) is 32.3 Å². The lowest BCUT2D eigenvalue weighted by Gasteiger charge is -2.06. The lowest BCUT2D eigenvalue weighted by molar-refractivity contribution is -0.118. The first kappa shape index (κ1) is 16.0. The normalized spacial score (nSPS) is 10.4. The number of aryl methyl sites for hydroxylation is 1. The Bertz CT molecular complexity index is 657. The molecule has 0 atom stereocenters. The van der Waals surface area contributed by atoms with Crippen molar-refractivity contribution in [2.45, 2.75) is 25.0 Å². The quantitative estimate of drug-likeness (QED) is 0.746. The Morgan fingerprint density at radius 2 is 2.00 bits per heavy atom. The molecule has 0 saturated heterocycles. The molecule has 0 fully saturated rings. The Morgan fingerprint density at radius 3 is 2.68 bits per heavy atom. The molecule has 3 N–H and O–H groups in total. The number of primary amides is 1. The molecule has 0 aliphatic rings. The van der Waals surface area contributed by atoms with Crippen LogP contribution in [0.2, 0.25) is 0 Å². The number of para-hydroxylation sites is 1. The summed E-state index contributed by atoms with van der Waals surface area (Å²) in [6, 6.07) is 9.27. The molecule has 2 amide bonds. The number of nitrogens with one attached hydrogen (secondary N) is 1. The molecular formula is C14H17N5O2S. The monoisotopic (exact) mass is 319 g/mol. The smallest absolute Gasteiger partial charge is 0.237 e. The van der Waals surface area contributed by atoms with Crippen LogP contribution in [0.25, 0.3) is 0 Å². The van der Waals surface area contributed by atoms with Gasteiger partial charge >= 0.3 is 0 Å². The van der Waals surface area contributed by atoms with Gasteiger partial charge in [0, 0.05) is 17.9 Å². The van der Waals surface area contributed by atoms with E-state index in [-0.39, 0.29) is 12.5 Å². The maximum absolute atomic E-state index is 11.8. The number of benzene rings is 1. The average molecular weight is 319 g/mol. The summed E-state index contributed by atoms with van der Waals surface area (Å²) in [5.74, 6) is 0.633. The molecule has 1 heterocycles. The van der Waals surface area contributed by atoms with Gasteiger partial charge in [-0.2, -0.15) is 0 Å². The molecule has 2 aromatic rings. The van der Waals surface area contributed by atoms with Crippen LogP contribution in [0.4, 0.5) is 5.69 Å². The third-order valence-corrected chi connectivity index (χ3v) is 3.80. The number of nitrogens with zero attached hydrogens (tertiary/aromatic N) is 3. The summed E-state index contributed by atoms with van der Waals surface area (Å²) in [6.45, 7) is 1.79. The van der Waals surface area contributed by atoms with E-state index >= 15 is 0 Å². The summed E-state index contributed by atoms with van der Waals surface area (Å²) in [5.41, 5.74) is 5.96. The molecule has 0 unspecified atom stereocenters. The van der Waals surface area contributed by atoms with Gasteiger partial charge in [-0.25, -0.2) is 0 Å². The highest BCUT2D eigenvalue weighted by Gasteiger charge is 2.12. The van der Waals surface area contributed by atoms with Gasteiger partial charge in [0.25, 0.3) is 0 Å². The number of anilines is 1. The third-order valence-electron chi connectivity index (χ3n) is 2.83. The zero-order chi connectivity index (χ0) is 15.9. The van der Waals surface area contributed by atoms with Crippen molar-refractivity contribution in [3.05, 3.63) is 36.2 Å². The van der Waals surface area contributed by atoms with Crippen LogP contribution in [0.3, 0.4) is 0 Å². The van der Waals surface area contributed by atoms with Crippen molar-refractivity contribution in [3.63, 3.8) is 0 Å². The average Bonchev–Trinajstić information content (AvgIpc) is 2.81. The van der Waals surface area contributed by atoms with Crippen molar-refractivity contribution >= 4 is 29.3 Å². The van der Waals surface area contributed by atoms with Crippen LogP contribution in [-0.2, 0) is 16.1 Å². The van der Waals surface area contributed by atoms with E-state index < -0.39 is 5.91 Å². The zero-order valence-electron chi connectivity index (χ0n) is 12.2. The molecule has 22 heavy (non-hydrogen) atoms. The van der Waals surface area contributed by atoms with Gasteiger partial charge in [-0.3, -0.25) is 14.2 Å². The molecule has 0 radical (unpaired) electrons. The van der Waals surface area contributed by atoms with Crippen LogP contribution in [0.5, 0.6) is 0 Å². The second kappa shape index (κ2) is 7.60. The lowest BCUT2D eigenvalue weighted by Crippen LogP contribution is -2.20. The second-order valence-electron chi connectivity index (χ2n) is 4.59. The number of hydrogen-bond donors (Lipinski definition) is 2. The molecule has 0 aliphatic carbocycles. The van der Waals surface area contributed by atoms with Gasteiger partial charge < -0.3 is 11.1 Å². The molecule has 0 aliphatic heterocycles. The van der Waals surface area contributed by atoms with Crippen LogP contribution < -0.4 is 11.1 Å². The molecule has 116 valence electrons. The van der Waals surface area contributed by atoms with Gasteiger partial charge in [0.2, 0.25) is 11.8 Å². The minimum atomic E-state index is -0.452. The van der Waals surface area contributed by atoms with Gasteiger partial charge in [0.05, 0.1) is 0 Å². The van der Waals surface area contributed by atoms with Gasteiger partial charge in [0.1, 0.15) is 12.4 Å². The van der Waals surface area contributed by atoms with E-state index in [4.69, 9.17) is 5.73 Å². The van der Waals surface area contributed by atoms with Crippen molar-refractivity contribution in [2.75, 3.05) is 11.1 Å². The van der Waals surface area contributed by atoms with E-state index in [1.165, 1.54) is 11.8 Å². The molecule has 0 saturated carbocycles. The first-order valence-corrected chi connectivity index (χ1v) is 7.70. The SMILES string of the molecule is Cc1nnc(SCCC(=O)Nc2ccccc2)n1CC(N)=O. The second-order valence-corrected chi connectivity index (χ2v) is 5.66. The summed E-state index contributed by atoms with van der Waals surface area (Å²) in [6.07, 6.45) is 0.335. The molecule has 0 bridgehead atoms. The first-order chi connectivity index (χ1) is 10.6. The van der Waals surface area contributed by atoms with Gasteiger partial charge in [-0.15, -0.1) is 10.2 Å². The van der Waals surface area contributed by atoms with Crippen LogP contribution >= 0.6 is 11.8 Å². The number of nitrogens with two attached hydrogens (primary N) is 1. The lowest BCUT2D eigenvalue weighted by atomic mass is 10.3. The predicted molar refractivity (Wildman–Crippen MR) is 84.4 cm³/mol. The van der Waals surface area contributed by atoms with Crippen molar-refractivity contribution < 1.29 is 9.59 Å². The standard InChI is InChI=1S/C14H17N5O2S/c1-10-17-18-14(19(10)9-12(15)20)22-8-7-13(21)16-11-5-3-2-4-6-11/h2-6H,7-9H2,1H3,(H2,15,20)(H,16,21). The summed E-state index contributed by atoms with van der Waals surface area (Å²) in [7, 11) is 0. The molecule has 1 aromatic carbocycles. The summed E-state index contributed by atoms with van der Waals surface area (Å²) in [5, 5.41) is 11.3. The molecule has 1 aromatic heterocycles. The number of thioether (sulfide) groups is 1. The summed E-state index contributed by atoms with van der Waals surface area (Å²) >= 11 is 1.37. The number of hydrogen-bond acceptors (Lipinski definition) is 5. The van der Waals surface area contributed by atoms with Crippen molar-refractivity contribution in [1.82, 2.24) is 14.8 Å². The summed E-state index contributed by atoms with van der Waals surface area (Å²) < 4.78 is 1.64. The number of amides is 2. The van der Waals surface area contributed by atoms with E-state index in [9.17, 15) is 9.59 Å². The van der Waals surface area contributed by atoms with E-state index in [1.807, 2.05) is 30.3 Å². The first-order valence-electron chi connectivity index (χ1n) is 6.72. The molecule has 2 rings (SSSR count). The number of aromatic nitrogens is 3. The fourth-order valence-electron chi connectivity index (χ4n) is 1.79. The Hall–Kier alpha value is -2.35. The fourth-order valence-corrected chi connectivity index (χ4v) is 2.71. The molecule has 8 heteroatoms. The topological polar surface area (TPSA) is 103 Å². The maximum atomic E-state index is 11.8. The minimum absolute atomic E-state index is 0.0391. The van der Waals surface area contributed by atoms with Crippen molar-refractivity contribution in [3.8, 4) is 0 Å². The Labute approximate surface area is 132 Å². The highest BCUT2D eigenvalue weighted by molar-refractivity contribution is 7.99. The van der Waals surface area contributed by atoms with Crippen LogP contribution in [0.15, 0.2) is 35.5 Å². The van der Waals surface area contributed by atoms with Gasteiger partial charge in [-0.1, -0.05) is 30.0 Å². The largest absolute Gasteiger partial charge is 0.368 e. The number of carbonyl (C=O) groups excluding carboxylic acids is 2. The third kappa shape index (κ3) is 4.59. The molecular weight excluding hydrogens is 302 g/mol.